The summed E-state index contributed by atoms with van der Waals surface area (Å²) in [5.41, 5.74) is 0.261. The number of halogens is 2. The summed E-state index contributed by atoms with van der Waals surface area (Å²) in [5, 5.41) is 0.184. The summed E-state index contributed by atoms with van der Waals surface area (Å²) in [4.78, 5) is 14.0. The smallest absolute Gasteiger partial charge is 0.261 e. The van der Waals surface area contributed by atoms with E-state index in [1.54, 1.807) is 4.90 Å². The fourth-order valence-electron chi connectivity index (χ4n) is 2.55. The number of rotatable bonds is 3. The van der Waals surface area contributed by atoms with Crippen LogP contribution < -0.4 is 0 Å². The van der Waals surface area contributed by atoms with E-state index in [1.165, 1.54) is 18.2 Å². The van der Waals surface area contributed by atoms with Crippen LogP contribution in [0.25, 0.3) is 0 Å². The largest absolute Gasteiger partial charge is 0.339 e. The fraction of sp³-hybridized carbons (Fsp3) is 0.500. The van der Waals surface area contributed by atoms with Gasteiger partial charge in [0, 0.05) is 34.4 Å². The average molecular weight is 350 g/mol. The van der Waals surface area contributed by atoms with E-state index in [9.17, 15) is 13.2 Å². The monoisotopic (exact) mass is 349 g/mol. The molecule has 2 rings (SSSR count). The van der Waals surface area contributed by atoms with Gasteiger partial charge in [0.15, 0.2) is 0 Å². The number of hydrogen-bond acceptors (Lipinski definition) is 3. The van der Waals surface area contributed by atoms with Crippen molar-refractivity contribution in [3.8, 4) is 0 Å². The molecule has 7 heteroatoms. The topological polar surface area (TPSA) is 54.5 Å². The molecule has 0 saturated carbocycles. The zero-order valence-electron chi connectivity index (χ0n) is 11.7. The number of benzene rings is 1. The molecule has 0 atom stereocenters. The van der Waals surface area contributed by atoms with Gasteiger partial charge in [0.05, 0.1) is 4.90 Å². The molecule has 1 aromatic carbocycles. The number of piperidine rings is 1. The molecule has 1 amide bonds. The Hall–Kier alpha value is -0.780. The Kier molecular flexibility index (Phi) is 5.17. The van der Waals surface area contributed by atoms with E-state index in [2.05, 4.69) is 6.92 Å². The summed E-state index contributed by atoms with van der Waals surface area (Å²) in [6, 6.07) is 3.99. The number of carbonyl (C=O) groups is 1. The van der Waals surface area contributed by atoms with Gasteiger partial charge in [-0.05, 0) is 37.0 Å². The predicted octanol–water partition coefficient (Wildman–Crippen LogP) is 3.53. The minimum Gasteiger partial charge on any atom is -0.339 e. The van der Waals surface area contributed by atoms with Crippen molar-refractivity contribution >= 4 is 37.2 Å². The van der Waals surface area contributed by atoms with Crippen LogP contribution in [0, 0.1) is 5.92 Å². The summed E-state index contributed by atoms with van der Waals surface area (Å²) in [7, 11) is 1.41. The molecule has 1 aliphatic heterocycles. The van der Waals surface area contributed by atoms with Gasteiger partial charge >= 0.3 is 0 Å². The minimum atomic E-state index is -3.91. The van der Waals surface area contributed by atoms with Crippen LogP contribution in [0.3, 0.4) is 0 Å². The van der Waals surface area contributed by atoms with Crippen molar-refractivity contribution in [3.05, 3.63) is 28.8 Å². The molecule has 0 bridgehead atoms. The first-order chi connectivity index (χ1) is 9.81. The van der Waals surface area contributed by atoms with Crippen molar-refractivity contribution in [2.75, 3.05) is 13.1 Å². The lowest BCUT2D eigenvalue weighted by molar-refractivity contribution is 0.0688. The summed E-state index contributed by atoms with van der Waals surface area (Å²) in [6.07, 6.45) is 3.07. The normalized spacial score (nSPS) is 17.0. The fourth-order valence-corrected chi connectivity index (χ4v) is 3.66. The molecule has 4 nitrogen and oxygen atoms in total. The number of amides is 1. The highest BCUT2D eigenvalue weighted by Gasteiger charge is 2.24. The second kappa shape index (κ2) is 6.55. The van der Waals surface area contributed by atoms with E-state index >= 15 is 0 Å². The Morgan fingerprint density at radius 3 is 2.43 bits per heavy atom. The van der Waals surface area contributed by atoms with Gasteiger partial charge in [0.2, 0.25) is 0 Å². The van der Waals surface area contributed by atoms with E-state index in [0.717, 1.165) is 19.3 Å². The number of carbonyl (C=O) groups excluding carboxylic acids is 1. The summed E-state index contributed by atoms with van der Waals surface area (Å²) in [6.45, 7) is 3.52. The number of likely N-dealkylation sites (tertiary alicyclic amines) is 1. The quantitative estimate of drug-likeness (QED) is 0.784. The van der Waals surface area contributed by atoms with Crippen molar-refractivity contribution < 1.29 is 13.2 Å². The lowest BCUT2D eigenvalue weighted by atomic mass is 9.94. The van der Waals surface area contributed by atoms with Crippen LogP contribution in [0.2, 0.25) is 5.02 Å². The first kappa shape index (κ1) is 16.6. The molecule has 1 aromatic rings. The molecule has 1 heterocycles. The predicted molar refractivity (Wildman–Crippen MR) is 83.4 cm³/mol. The van der Waals surface area contributed by atoms with Crippen LogP contribution in [0.15, 0.2) is 23.1 Å². The zero-order chi connectivity index (χ0) is 15.6. The molecule has 0 N–H and O–H groups in total. The first-order valence-corrected chi connectivity index (χ1v) is 9.54. The van der Waals surface area contributed by atoms with Crippen molar-refractivity contribution in [3.63, 3.8) is 0 Å². The van der Waals surface area contributed by atoms with Crippen LogP contribution in [0.1, 0.15) is 36.5 Å². The summed E-state index contributed by atoms with van der Waals surface area (Å²) in [5.74, 6) is 0.459. The third kappa shape index (κ3) is 4.11. The Morgan fingerprint density at radius 1 is 1.29 bits per heavy atom. The van der Waals surface area contributed by atoms with Crippen molar-refractivity contribution in [2.24, 2.45) is 5.92 Å². The van der Waals surface area contributed by atoms with E-state index in [4.69, 9.17) is 22.3 Å². The van der Waals surface area contributed by atoms with E-state index in [1.807, 2.05) is 0 Å². The second-order valence-electron chi connectivity index (χ2n) is 5.26. The Balaban J connectivity index is 2.22. The molecule has 1 fully saturated rings. The van der Waals surface area contributed by atoms with E-state index in [0.29, 0.717) is 19.0 Å². The highest BCUT2D eigenvalue weighted by Crippen LogP contribution is 2.25. The highest BCUT2D eigenvalue weighted by atomic mass is 35.7. The number of nitrogens with zero attached hydrogens (tertiary/aromatic N) is 1. The molecular weight excluding hydrogens is 333 g/mol. The van der Waals surface area contributed by atoms with E-state index in [-0.39, 0.29) is 21.4 Å². The standard InChI is InChI=1S/C14H17Cl2NO3S/c1-2-10-3-5-17(6-4-10)14(18)11-7-12(15)9-13(8-11)21(16,19)20/h7-10H,2-6H2,1H3. The van der Waals surface area contributed by atoms with Gasteiger partial charge in [0.25, 0.3) is 15.0 Å². The lowest BCUT2D eigenvalue weighted by Crippen LogP contribution is -2.38. The molecule has 0 aromatic heterocycles. The van der Waals surface area contributed by atoms with Gasteiger partial charge in [-0.3, -0.25) is 4.79 Å². The molecule has 0 unspecified atom stereocenters. The van der Waals surface area contributed by atoms with Gasteiger partial charge in [-0.1, -0.05) is 24.9 Å². The maximum absolute atomic E-state index is 12.5. The molecule has 21 heavy (non-hydrogen) atoms. The lowest BCUT2D eigenvalue weighted by Gasteiger charge is -2.31. The summed E-state index contributed by atoms with van der Waals surface area (Å²) < 4.78 is 22.8. The van der Waals surface area contributed by atoms with Crippen LogP contribution in [-0.4, -0.2) is 32.3 Å². The van der Waals surface area contributed by atoms with Crippen molar-refractivity contribution in [1.29, 1.82) is 0 Å². The third-order valence-electron chi connectivity index (χ3n) is 3.88. The molecular formula is C14H17Cl2NO3S. The average Bonchev–Trinajstić information content (AvgIpc) is 2.45. The van der Waals surface area contributed by atoms with Gasteiger partial charge in [-0.15, -0.1) is 0 Å². The third-order valence-corrected chi connectivity index (χ3v) is 5.43. The molecule has 116 valence electrons. The Morgan fingerprint density at radius 2 is 1.90 bits per heavy atom. The Labute approximate surface area is 134 Å². The van der Waals surface area contributed by atoms with Gasteiger partial charge in [0.1, 0.15) is 0 Å². The first-order valence-electron chi connectivity index (χ1n) is 6.85. The second-order valence-corrected chi connectivity index (χ2v) is 8.26. The van der Waals surface area contributed by atoms with E-state index < -0.39 is 9.05 Å². The van der Waals surface area contributed by atoms with Crippen molar-refractivity contribution in [2.45, 2.75) is 31.1 Å². The molecule has 0 aliphatic carbocycles. The SMILES string of the molecule is CCC1CCN(C(=O)c2cc(Cl)cc(S(=O)(=O)Cl)c2)CC1. The van der Waals surface area contributed by atoms with Crippen LogP contribution in [-0.2, 0) is 9.05 Å². The van der Waals surface area contributed by atoms with Crippen molar-refractivity contribution in [1.82, 2.24) is 4.90 Å². The molecule has 1 saturated heterocycles. The van der Waals surface area contributed by atoms with Gasteiger partial charge < -0.3 is 4.90 Å². The van der Waals surface area contributed by atoms with Crippen LogP contribution >= 0.6 is 22.3 Å². The maximum Gasteiger partial charge on any atom is 0.261 e. The van der Waals surface area contributed by atoms with Crippen LogP contribution in [0.5, 0.6) is 0 Å². The summed E-state index contributed by atoms with van der Waals surface area (Å²) >= 11 is 5.89. The Bertz CT molecular complexity index is 638. The molecule has 1 aliphatic rings. The van der Waals surface area contributed by atoms with Gasteiger partial charge in [-0.25, -0.2) is 8.42 Å². The molecule has 0 spiro atoms. The van der Waals surface area contributed by atoms with Crippen LogP contribution in [0.4, 0.5) is 0 Å². The minimum absolute atomic E-state index is 0.150. The molecule has 0 radical (unpaired) electrons. The highest BCUT2D eigenvalue weighted by molar-refractivity contribution is 8.13. The van der Waals surface area contributed by atoms with Gasteiger partial charge in [-0.2, -0.15) is 0 Å². The zero-order valence-corrected chi connectivity index (χ0v) is 14.0. The number of hydrogen-bond donors (Lipinski definition) is 0. The maximum atomic E-state index is 12.5.